The number of anilines is 1. The quantitative estimate of drug-likeness (QED) is 0.880. The van der Waals surface area contributed by atoms with E-state index in [2.05, 4.69) is 14.8 Å². The maximum atomic E-state index is 13.0. The number of fused-ring (bicyclic) bond motifs is 1. The minimum atomic E-state index is -3.60. The molecule has 6 heteroatoms. The van der Waals surface area contributed by atoms with Gasteiger partial charge in [-0.1, -0.05) is 23.7 Å². The summed E-state index contributed by atoms with van der Waals surface area (Å²) < 4.78 is 34.7. The molecule has 1 aliphatic heterocycles. The van der Waals surface area contributed by atoms with E-state index in [4.69, 9.17) is 11.6 Å². The first-order chi connectivity index (χ1) is 9.93. The monoisotopic (exact) mass is 311 g/mol. The van der Waals surface area contributed by atoms with Gasteiger partial charge in [-0.15, -0.1) is 8.78 Å². The van der Waals surface area contributed by atoms with Crippen LogP contribution in [0.3, 0.4) is 0 Å². The fourth-order valence-electron chi connectivity index (χ4n) is 2.15. The normalized spacial score (nSPS) is 16.6. The van der Waals surface area contributed by atoms with Gasteiger partial charge in [0.2, 0.25) is 0 Å². The SMILES string of the molecule is CC(Nc1ccc2c(c1)OC(F)(F)O2)c1cccc(Cl)c1. The number of hydrogen-bond acceptors (Lipinski definition) is 3. The fraction of sp³-hybridized carbons (Fsp3) is 0.200. The maximum Gasteiger partial charge on any atom is 0.586 e. The highest BCUT2D eigenvalue weighted by Gasteiger charge is 2.43. The summed E-state index contributed by atoms with van der Waals surface area (Å²) in [4.78, 5) is 0. The molecule has 1 aliphatic rings. The van der Waals surface area contributed by atoms with E-state index in [9.17, 15) is 8.78 Å². The number of hydrogen-bond donors (Lipinski definition) is 1. The molecule has 1 unspecified atom stereocenters. The summed E-state index contributed by atoms with van der Waals surface area (Å²) in [5.41, 5.74) is 1.65. The summed E-state index contributed by atoms with van der Waals surface area (Å²) in [6, 6.07) is 12.0. The topological polar surface area (TPSA) is 30.5 Å². The van der Waals surface area contributed by atoms with Crippen LogP contribution < -0.4 is 14.8 Å². The highest BCUT2D eigenvalue weighted by atomic mass is 35.5. The first kappa shape index (κ1) is 13.9. The van der Waals surface area contributed by atoms with Crippen molar-refractivity contribution >= 4 is 17.3 Å². The van der Waals surface area contributed by atoms with E-state index < -0.39 is 6.29 Å². The molecule has 1 atom stereocenters. The highest BCUT2D eigenvalue weighted by molar-refractivity contribution is 6.30. The van der Waals surface area contributed by atoms with E-state index in [1.807, 2.05) is 25.1 Å². The molecular weight excluding hydrogens is 300 g/mol. The molecule has 1 N–H and O–H groups in total. The highest BCUT2D eigenvalue weighted by Crippen LogP contribution is 2.42. The van der Waals surface area contributed by atoms with Crippen molar-refractivity contribution in [1.29, 1.82) is 0 Å². The number of benzene rings is 2. The summed E-state index contributed by atoms with van der Waals surface area (Å²) >= 11 is 5.95. The molecule has 0 aromatic heterocycles. The van der Waals surface area contributed by atoms with Gasteiger partial charge in [-0.05, 0) is 36.8 Å². The molecule has 0 saturated heterocycles. The summed E-state index contributed by atoms with van der Waals surface area (Å²) in [6.45, 7) is 1.95. The van der Waals surface area contributed by atoms with Crippen LogP contribution in [0.25, 0.3) is 0 Å². The van der Waals surface area contributed by atoms with Gasteiger partial charge in [-0.2, -0.15) is 0 Å². The van der Waals surface area contributed by atoms with Gasteiger partial charge >= 0.3 is 6.29 Å². The maximum absolute atomic E-state index is 13.0. The Bertz CT molecular complexity index is 678. The van der Waals surface area contributed by atoms with Crippen LogP contribution in [0, 0.1) is 0 Å². The van der Waals surface area contributed by atoms with Crippen LogP contribution in [-0.2, 0) is 0 Å². The van der Waals surface area contributed by atoms with E-state index >= 15 is 0 Å². The van der Waals surface area contributed by atoms with Crippen LogP contribution in [0.4, 0.5) is 14.5 Å². The number of halogens is 3. The molecule has 2 aromatic rings. The van der Waals surface area contributed by atoms with Crippen molar-refractivity contribution in [2.75, 3.05) is 5.32 Å². The Hall–Kier alpha value is -2.01. The lowest BCUT2D eigenvalue weighted by Crippen LogP contribution is -2.25. The smallest absolute Gasteiger partial charge is 0.395 e. The zero-order chi connectivity index (χ0) is 15.0. The lowest BCUT2D eigenvalue weighted by molar-refractivity contribution is -0.286. The van der Waals surface area contributed by atoms with E-state index in [0.717, 1.165) is 5.56 Å². The molecule has 3 rings (SSSR count). The third-order valence-electron chi connectivity index (χ3n) is 3.13. The van der Waals surface area contributed by atoms with E-state index in [1.165, 1.54) is 12.1 Å². The number of rotatable bonds is 3. The number of nitrogens with one attached hydrogen (secondary N) is 1. The molecule has 0 radical (unpaired) electrons. The lowest BCUT2D eigenvalue weighted by atomic mass is 10.1. The van der Waals surface area contributed by atoms with Crippen LogP contribution in [0.15, 0.2) is 42.5 Å². The average Bonchev–Trinajstić information content (AvgIpc) is 2.72. The first-order valence-electron chi connectivity index (χ1n) is 6.35. The minimum absolute atomic E-state index is 0.0169. The van der Waals surface area contributed by atoms with Crippen LogP contribution in [-0.4, -0.2) is 6.29 Å². The molecule has 110 valence electrons. The molecular formula is C15H12ClF2NO2. The fourth-order valence-corrected chi connectivity index (χ4v) is 2.35. The Balaban J connectivity index is 1.77. The molecule has 1 heterocycles. The summed E-state index contributed by atoms with van der Waals surface area (Å²) in [5.74, 6) is 0.0456. The molecule has 0 bridgehead atoms. The van der Waals surface area contributed by atoms with Crippen LogP contribution in [0.5, 0.6) is 11.5 Å². The van der Waals surface area contributed by atoms with Crippen molar-refractivity contribution in [2.24, 2.45) is 0 Å². The molecule has 21 heavy (non-hydrogen) atoms. The van der Waals surface area contributed by atoms with Crippen LogP contribution >= 0.6 is 11.6 Å². The zero-order valence-corrected chi connectivity index (χ0v) is 11.8. The summed E-state index contributed by atoms with van der Waals surface area (Å²) in [5, 5.41) is 3.85. The Morgan fingerprint density at radius 3 is 2.62 bits per heavy atom. The summed E-state index contributed by atoms with van der Waals surface area (Å²) in [7, 11) is 0. The Kier molecular flexibility index (Phi) is 3.37. The third kappa shape index (κ3) is 3.03. The van der Waals surface area contributed by atoms with Gasteiger partial charge in [0.05, 0.1) is 0 Å². The molecule has 2 aromatic carbocycles. The number of ether oxygens (including phenoxy) is 2. The molecule has 3 nitrogen and oxygen atoms in total. The second-order valence-corrected chi connectivity index (χ2v) is 5.19. The van der Waals surface area contributed by atoms with Gasteiger partial charge in [0.15, 0.2) is 11.5 Å². The van der Waals surface area contributed by atoms with Gasteiger partial charge in [0.1, 0.15) is 0 Å². The third-order valence-corrected chi connectivity index (χ3v) is 3.37. The van der Waals surface area contributed by atoms with Gasteiger partial charge in [0.25, 0.3) is 0 Å². The van der Waals surface area contributed by atoms with Crippen LogP contribution in [0.2, 0.25) is 5.02 Å². The predicted molar refractivity (Wildman–Crippen MR) is 76.1 cm³/mol. The lowest BCUT2D eigenvalue weighted by Gasteiger charge is -2.16. The van der Waals surface area contributed by atoms with E-state index in [1.54, 1.807) is 12.1 Å². The molecule has 0 saturated carbocycles. The van der Waals surface area contributed by atoms with Crippen molar-refractivity contribution in [1.82, 2.24) is 0 Å². The van der Waals surface area contributed by atoms with Crippen LogP contribution in [0.1, 0.15) is 18.5 Å². The zero-order valence-electron chi connectivity index (χ0n) is 11.1. The molecule has 0 aliphatic carbocycles. The Labute approximate surface area is 125 Å². The second-order valence-electron chi connectivity index (χ2n) is 4.75. The van der Waals surface area contributed by atoms with E-state index in [-0.39, 0.29) is 17.5 Å². The van der Waals surface area contributed by atoms with Crippen molar-refractivity contribution < 1.29 is 18.3 Å². The molecule has 0 fully saturated rings. The second kappa shape index (κ2) is 5.07. The number of alkyl halides is 2. The molecule has 0 spiro atoms. The van der Waals surface area contributed by atoms with Gasteiger partial charge in [-0.25, -0.2) is 0 Å². The van der Waals surface area contributed by atoms with Crippen molar-refractivity contribution in [3.63, 3.8) is 0 Å². The van der Waals surface area contributed by atoms with Crippen molar-refractivity contribution in [3.05, 3.63) is 53.1 Å². The van der Waals surface area contributed by atoms with Crippen molar-refractivity contribution in [3.8, 4) is 11.5 Å². The minimum Gasteiger partial charge on any atom is -0.395 e. The van der Waals surface area contributed by atoms with Gasteiger partial charge < -0.3 is 14.8 Å². The molecule has 0 amide bonds. The Morgan fingerprint density at radius 1 is 1.10 bits per heavy atom. The first-order valence-corrected chi connectivity index (χ1v) is 6.73. The standard InChI is InChI=1S/C15H12ClF2NO2/c1-9(10-3-2-4-11(16)7-10)19-12-5-6-13-14(8-12)21-15(17,18)20-13/h2-9,19H,1H3. The van der Waals surface area contributed by atoms with Gasteiger partial charge in [0, 0.05) is 22.8 Å². The Morgan fingerprint density at radius 2 is 1.86 bits per heavy atom. The summed E-state index contributed by atoms with van der Waals surface area (Å²) in [6.07, 6.45) is -3.60. The van der Waals surface area contributed by atoms with E-state index in [0.29, 0.717) is 10.7 Å². The average molecular weight is 312 g/mol. The van der Waals surface area contributed by atoms with Gasteiger partial charge in [-0.3, -0.25) is 0 Å². The largest absolute Gasteiger partial charge is 0.586 e. The van der Waals surface area contributed by atoms with Crippen molar-refractivity contribution in [2.45, 2.75) is 19.3 Å². The predicted octanol–water partition coefficient (Wildman–Crippen LogP) is 4.83.